The van der Waals surface area contributed by atoms with Gasteiger partial charge >= 0.3 is 59.7 Å². The number of fused-ring (bicyclic) bond motifs is 3. The van der Waals surface area contributed by atoms with E-state index in [9.17, 15) is 47.9 Å². The Morgan fingerprint density at radius 2 is 0.677 bits per heavy atom. The van der Waals surface area contributed by atoms with Crippen molar-refractivity contribution in [1.82, 2.24) is 0 Å². The minimum absolute atomic E-state index is 0.0218. The van der Waals surface area contributed by atoms with E-state index < -0.39 is 59.6 Å². The molecule has 2 saturated heterocycles. The molecule has 5 aromatic rings. The second-order valence-corrected chi connectivity index (χ2v) is 21.4. The molecule has 8 rings (SSSR count). The number of epoxide rings is 2. The second-order valence-electron chi connectivity index (χ2n) is 21.4. The zero-order chi connectivity index (χ0) is 72.1. The smallest absolute Gasteiger partial charge is 0.330 e. The summed E-state index contributed by atoms with van der Waals surface area (Å²) in [5, 5.41) is 1.80. The fourth-order valence-corrected chi connectivity index (χ4v) is 8.44. The molecule has 1 aliphatic carbocycles. The van der Waals surface area contributed by atoms with E-state index in [1.54, 1.807) is 36.4 Å². The van der Waals surface area contributed by atoms with Crippen LogP contribution in [0.1, 0.15) is 53.1 Å². The molecule has 4 atom stereocenters. The highest BCUT2D eigenvalue weighted by molar-refractivity contribution is 6.05. The van der Waals surface area contributed by atoms with E-state index in [1.807, 2.05) is 55.5 Å². The van der Waals surface area contributed by atoms with Crippen molar-refractivity contribution in [2.24, 2.45) is 17.8 Å². The lowest BCUT2D eigenvalue weighted by Gasteiger charge is -2.25. The van der Waals surface area contributed by atoms with E-state index in [4.69, 9.17) is 61.3 Å². The van der Waals surface area contributed by atoms with Crippen LogP contribution in [-0.2, 0) is 144 Å². The van der Waals surface area contributed by atoms with Gasteiger partial charge in [-0.05, 0) is 107 Å². The molecular weight excluding hydrogens is 1290 g/mol. The molecular formula is C74H78O25. The Hall–Kier alpha value is -11.4. The summed E-state index contributed by atoms with van der Waals surface area (Å²) in [6.07, 6.45) is 13.5. The maximum absolute atomic E-state index is 12.1. The average molecular weight is 1370 g/mol. The number of esters is 10. The number of carbonyl (C=O) groups is 10. The van der Waals surface area contributed by atoms with Crippen LogP contribution in [0.4, 0.5) is 0 Å². The number of allylic oxidation sites excluding steroid dienone is 2. The molecule has 99 heavy (non-hydrogen) atoms. The summed E-state index contributed by atoms with van der Waals surface area (Å²) in [5.41, 5.74) is 5.68. The number of hydrogen-bond acceptors (Lipinski definition) is 25. The van der Waals surface area contributed by atoms with Gasteiger partial charge in [-0.1, -0.05) is 83.8 Å². The topological polar surface area (TPSA) is 320 Å². The zero-order valence-electron chi connectivity index (χ0n) is 54.8. The molecule has 524 valence electrons. The van der Waals surface area contributed by atoms with Gasteiger partial charge in [0.15, 0.2) is 0 Å². The highest BCUT2D eigenvalue weighted by atomic mass is 16.6. The van der Waals surface area contributed by atoms with Crippen molar-refractivity contribution in [2.75, 3.05) is 52.9 Å². The first kappa shape index (κ1) is 78.3. The van der Waals surface area contributed by atoms with Crippen LogP contribution in [0.15, 0.2) is 191 Å². The second kappa shape index (κ2) is 42.2. The summed E-state index contributed by atoms with van der Waals surface area (Å²) in [5.74, 6) is -5.00. The fourth-order valence-electron chi connectivity index (χ4n) is 8.44. The molecule has 0 radical (unpaired) electrons. The number of hydrogen-bond donors (Lipinski definition) is 0. The van der Waals surface area contributed by atoms with Crippen LogP contribution in [0.2, 0.25) is 0 Å². The maximum Gasteiger partial charge on any atom is 0.330 e. The van der Waals surface area contributed by atoms with E-state index in [-0.39, 0.29) is 109 Å². The van der Waals surface area contributed by atoms with Crippen molar-refractivity contribution in [1.29, 1.82) is 0 Å². The van der Waals surface area contributed by atoms with Crippen LogP contribution in [0.25, 0.3) is 21.9 Å². The van der Waals surface area contributed by atoms with E-state index >= 15 is 0 Å². The number of furan rings is 1. The Labute approximate surface area is 571 Å². The first-order chi connectivity index (χ1) is 47.7. The van der Waals surface area contributed by atoms with Crippen LogP contribution in [0.5, 0.6) is 11.5 Å². The summed E-state index contributed by atoms with van der Waals surface area (Å²) >= 11 is 0. The number of ether oxygens (including phenoxy) is 14. The Bertz CT molecular complexity index is 3440. The van der Waals surface area contributed by atoms with Gasteiger partial charge in [-0.15, -0.1) is 0 Å². The van der Waals surface area contributed by atoms with Gasteiger partial charge in [0.25, 0.3) is 0 Å². The number of rotatable bonds is 35. The molecule has 3 aliphatic rings. The van der Waals surface area contributed by atoms with Gasteiger partial charge in [0, 0.05) is 65.3 Å². The van der Waals surface area contributed by atoms with Crippen molar-refractivity contribution in [2.45, 2.75) is 71.6 Å². The molecule has 0 saturated carbocycles. The molecule has 0 spiro atoms. The summed E-state index contributed by atoms with van der Waals surface area (Å²) in [6, 6.07) is 21.5. The van der Waals surface area contributed by atoms with Crippen LogP contribution in [0, 0.1) is 17.8 Å². The SMILES string of the molecule is C=CC(=O)OCCOC(=O)C=C.C=CC(=O)OCc1cc(COC(=O)C=C)cc(OCC(C)COc2cc(COC(=O)C=C)cc(COC(=O)C=C)c2)c1.C=CC(=O)OCc1ccc2oc3ccc(COC(=O)C=C)cc3c2c1.O=C(OCC1CO1)C1CC=CCC1C(=O)OCC1CO1. The molecule has 0 N–H and O–H groups in total. The summed E-state index contributed by atoms with van der Waals surface area (Å²) in [4.78, 5) is 113. The lowest BCUT2D eigenvalue weighted by atomic mass is 9.83. The Morgan fingerprint density at radius 3 is 0.960 bits per heavy atom. The van der Waals surface area contributed by atoms with Gasteiger partial charge in [0.05, 0.1) is 38.3 Å². The summed E-state index contributed by atoms with van der Waals surface area (Å²) in [7, 11) is 0. The third-order valence-electron chi connectivity index (χ3n) is 13.6. The van der Waals surface area contributed by atoms with Gasteiger partial charge < -0.3 is 70.7 Å². The van der Waals surface area contributed by atoms with Crippen molar-refractivity contribution in [3.05, 3.63) is 220 Å². The van der Waals surface area contributed by atoms with E-state index in [1.165, 1.54) is 0 Å². The largest absolute Gasteiger partial charge is 0.493 e. The van der Waals surface area contributed by atoms with Crippen LogP contribution >= 0.6 is 0 Å². The third-order valence-corrected chi connectivity index (χ3v) is 13.6. The summed E-state index contributed by atoms with van der Waals surface area (Å²) < 4.78 is 77.8. The zero-order valence-corrected chi connectivity index (χ0v) is 54.8. The van der Waals surface area contributed by atoms with Crippen molar-refractivity contribution in [3.63, 3.8) is 0 Å². The molecule has 4 unspecified atom stereocenters. The van der Waals surface area contributed by atoms with Gasteiger partial charge in [-0.2, -0.15) is 0 Å². The van der Waals surface area contributed by atoms with Crippen LogP contribution < -0.4 is 9.47 Å². The Morgan fingerprint density at radius 1 is 0.394 bits per heavy atom. The van der Waals surface area contributed by atoms with Crippen LogP contribution in [0.3, 0.4) is 0 Å². The highest BCUT2D eigenvalue weighted by Crippen LogP contribution is 2.32. The molecule has 1 aromatic heterocycles. The predicted molar refractivity (Wildman–Crippen MR) is 356 cm³/mol. The van der Waals surface area contributed by atoms with Crippen molar-refractivity contribution >= 4 is 81.6 Å². The first-order valence-corrected chi connectivity index (χ1v) is 30.7. The lowest BCUT2D eigenvalue weighted by molar-refractivity contribution is -0.161. The minimum Gasteiger partial charge on any atom is -0.493 e. The van der Waals surface area contributed by atoms with Crippen LogP contribution in [-0.4, -0.2) is 125 Å². The molecule has 2 aliphatic heterocycles. The fraction of sp³-hybridized carbons (Fsp3) is 0.297. The maximum atomic E-state index is 12.1. The van der Waals surface area contributed by atoms with Gasteiger partial charge in [0.2, 0.25) is 0 Å². The average Bonchev–Trinajstić information content (AvgIpc) is 1.64. The third kappa shape index (κ3) is 29.6. The highest BCUT2D eigenvalue weighted by Gasteiger charge is 2.38. The van der Waals surface area contributed by atoms with Gasteiger partial charge in [0.1, 0.15) is 101 Å². The molecule has 3 heterocycles. The quantitative estimate of drug-likeness (QED) is 0.00909. The molecule has 25 heteroatoms. The predicted octanol–water partition coefficient (Wildman–Crippen LogP) is 9.64. The van der Waals surface area contributed by atoms with Crippen molar-refractivity contribution in [3.8, 4) is 11.5 Å². The minimum atomic E-state index is -0.573. The lowest BCUT2D eigenvalue weighted by Crippen LogP contribution is -2.34. The van der Waals surface area contributed by atoms with E-state index in [0.717, 1.165) is 81.7 Å². The Balaban J connectivity index is 0.000000262. The first-order valence-electron chi connectivity index (χ1n) is 30.7. The van der Waals surface area contributed by atoms with Gasteiger partial charge in [-0.3, -0.25) is 9.59 Å². The standard InChI is InChI=1S/C32H34O10.C20H16O5.C14H18O6.C8H10O4/c1-6-29(33)39-18-23-10-24(19-40-30(34)7-2)13-27(12-23)37-16-22(5)17-38-28-14-25(20-41-31(35)8-3)11-26(15-28)21-42-32(36)9-4;1-3-19(21)23-11-13-5-7-17-15(9-13)16-10-14(6-8-18(16)25-17)12-24-20(22)4-2;15-13(19-7-9-5-17-9)11-3-1-2-4-12(11)14(16)20-8-10-6-18-10;1-3-7(9)11-5-6-12-8(10)4-2/h6-15,22H,1-4,16-21H2,5H3;3-10H,1-2,11-12H2;1-2,9-12H,3-8H2;3-4H,1-2,5-6H2. The molecule has 0 bridgehead atoms. The molecule has 25 nitrogen and oxygen atoms in total. The number of benzene rings is 4. The normalized spacial score (nSPS) is 14.9. The molecule has 2 fully saturated rings. The van der Waals surface area contributed by atoms with Gasteiger partial charge in [-0.25, -0.2) is 38.4 Å². The molecule has 4 aromatic carbocycles. The number of carbonyl (C=O) groups excluding carboxylic acids is 10. The van der Waals surface area contributed by atoms with E-state index in [0.29, 0.717) is 59.8 Å². The summed E-state index contributed by atoms with van der Waals surface area (Å²) in [6.45, 7) is 31.2. The molecule has 0 amide bonds. The Kier molecular flexibility index (Phi) is 33.3. The van der Waals surface area contributed by atoms with Crippen molar-refractivity contribution < 1.29 is 119 Å². The van der Waals surface area contributed by atoms with E-state index in [2.05, 4.69) is 62.1 Å². The monoisotopic (exact) mass is 1370 g/mol.